The molecule has 112 valence electrons. The van der Waals surface area contributed by atoms with Crippen LogP contribution in [-0.4, -0.2) is 53.2 Å². The number of hydrogen-bond acceptors (Lipinski definition) is 4. The number of likely N-dealkylation sites (tertiary alicyclic amines) is 1. The number of nitrogens with zero attached hydrogens (tertiary/aromatic N) is 3. The largest absolute Gasteiger partial charge is 0.444 e. The molecular formula is C13H22N4O3. The number of urea groups is 1. The summed E-state index contributed by atoms with van der Waals surface area (Å²) in [6.07, 6.45) is 0.329. The normalized spacial score (nSPS) is 18.1. The average molecular weight is 282 g/mol. The van der Waals surface area contributed by atoms with E-state index < -0.39 is 23.3 Å². The van der Waals surface area contributed by atoms with E-state index in [-0.39, 0.29) is 0 Å². The highest BCUT2D eigenvalue weighted by molar-refractivity contribution is 5.73. The van der Waals surface area contributed by atoms with Crippen LogP contribution < -0.4 is 5.73 Å². The van der Waals surface area contributed by atoms with E-state index in [1.807, 2.05) is 0 Å². The Morgan fingerprint density at radius 3 is 2.20 bits per heavy atom. The maximum Gasteiger partial charge on any atom is 0.410 e. The number of amides is 3. The lowest BCUT2D eigenvalue weighted by Crippen LogP contribution is -2.57. The molecule has 0 unspecified atom stereocenters. The smallest absolute Gasteiger partial charge is 0.410 e. The Labute approximate surface area is 119 Å². The highest BCUT2D eigenvalue weighted by atomic mass is 16.6. The van der Waals surface area contributed by atoms with Crippen molar-refractivity contribution in [1.29, 1.82) is 5.26 Å². The number of rotatable bonds is 1. The predicted molar refractivity (Wildman–Crippen MR) is 72.7 cm³/mol. The number of carbonyl (C=O) groups excluding carboxylic acids is 2. The van der Waals surface area contributed by atoms with E-state index in [0.29, 0.717) is 25.9 Å². The first-order valence-electron chi connectivity index (χ1n) is 6.54. The van der Waals surface area contributed by atoms with Gasteiger partial charge in [-0.15, -0.1) is 0 Å². The standard InChI is InChI=1S/C13H22N4O3/c1-12(2,3)20-11(19)17-7-5-13(9-14,6-8-17)16(4)10(15)18/h5-8H2,1-4H3,(H2,15,18). The second-order valence-electron chi connectivity index (χ2n) is 6.01. The van der Waals surface area contributed by atoms with Crippen molar-refractivity contribution in [3.05, 3.63) is 0 Å². The minimum atomic E-state index is -0.940. The third kappa shape index (κ3) is 3.53. The summed E-state index contributed by atoms with van der Waals surface area (Å²) in [5, 5.41) is 9.34. The number of nitriles is 1. The summed E-state index contributed by atoms with van der Waals surface area (Å²) in [6, 6.07) is 1.51. The number of nitrogens with two attached hydrogens (primary N) is 1. The van der Waals surface area contributed by atoms with E-state index in [2.05, 4.69) is 6.07 Å². The van der Waals surface area contributed by atoms with Gasteiger partial charge in [-0.1, -0.05) is 0 Å². The molecule has 1 heterocycles. The molecule has 1 aliphatic rings. The number of primary amides is 1. The molecule has 1 saturated heterocycles. The molecule has 0 aliphatic carbocycles. The number of ether oxygens (including phenoxy) is 1. The first kappa shape index (κ1) is 16.1. The Hall–Kier alpha value is -1.97. The molecule has 0 spiro atoms. The summed E-state index contributed by atoms with van der Waals surface area (Å²) >= 11 is 0. The SMILES string of the molecule is CN(C(N)=O)C1(C#N)CCN(C(=O)OC(C)(C)C)CC1. The van der Waals surface area contributed by atoms with Crippen LogP contribution >= 0.6 is 0 Å². The molecule has 2 N–H and O–H groups in total. The lowest BCUT2D eigenvalue weighted by molar-refractivity contribution is 0.0127. The van der Waals surface area contributed by atoms with Gasteiger partial charge in [-0.3, -0.25) is 0 Å². The van der Waals surface area contributed by atoms with Crippen molar-refractivity contribution in [2.24, 2.45) is 5.73 Å². The molecular weight excluding hydrogens is 260 g/mol. The summed E-state index contributed by atoms with van der Waals surface area (Å²) < 4.78 is 5.29. The molecule has 1 rings (SSSR count). The van der Waals surface area contributed by atoms with Crippen molar-refractivity contribution in [3.8, 4) is 6.07 Å². The lowest BCUT2D eigenvalue weighted by atomic mass is 9.88. The minimum absolute atomic E-state index is 0.361. The van der Waals surface area contributed by atoms with Crippen LogP contribution in [0.5, 0.6) is 0 Å². The zero-order valence-electron chi connectivity index (χ0n) is 12.5. The molecule has 0 aromatic carbocycles. The molecule has 0 aromatic rings. The number of hydrogen-bond donors (Lipinski definition) is 1. The molecule has 0 bridgehead atoms. The fourth-order valence-electron chi connectivity index (χ4n) is 2.12. The summed E-state index contributed by atoms with van der Waals surface area (Å²) in [5.74, 6) is 0. The Balaban J connectivity index is 2.69. The van der Waals surface area contributed by atoms with Gasteiger partial charge in [-0.25, -0.2) is 9.59 Å². The van der Waals surface area contributed by atoms with E-state index in [4.69, 9.17) is 10.5 Å². The van der Waals surface area contributed by atoms with Gasteiger partial charge in [0.25, 0.3) is 0 Å². The Kier molecular flexibility index (Phi) is 4.48. The zero-order chi connectivity index (χ0) is 15.6. The van der Waals surface area contributed by atoms with Gasteiger partial charge >= 0.3 is 12.1 Å². The Morgan fingerprint density at radius 1 is 1.35 bits per heavy atom. The van der Waals surface area contributed by atoms with Gasteiger partial charge in [0, 0.05) is 33.0 Å². The monoisotopic (exact) mass is 282 g/mol. The summed E-state index contributed by atoms with van der Waals surface area (Å²) in [6.45, 7) is 6.13. The predicted octanol–water partition coefficient (Wildman–Crippen LogP) is 1.29. The zero-order valence-corrected chi connectivity index (χ0v) is 12.5. The Morgan fingerprint density at radius 2 is 1.85 bits per heavy atom. The summed E-state index contributed by atoms with van der Waals surface area (Å²) in [7, 11) is 1.51. The van der Waals surface area contributed by atoms with Crippen LogP contribution in [0.3, 0.4) is 0 Å². The summed E-state index contributed by atoms with van der Waals surface area (Å²) in [5.41, 5.74) is 3.75. The van der Waals surface area contributed by atoms with Crippen LogP contribution in [0.25, 0.3) is 0 Å². The molecule has 3 amide bonds. The highest BCUT2D eigenvalue weighted by Gasteiger charge is 2.41. The van der Waals surface area contributed by atoms with Crippen molar-refractivity contribution in [2.75, 3.05) is 20.1 Å². The van der Waals surface area contributed by atoms with Crippen molar-refractivity contribution in [1.82, 2.24) is 9.80 Å². The van der Waals surface area contributed by atoms with E-state index >= 15 is 0 Å². The fourth-order valence-corrected chi connectivity index (χ4v) is 2.12. The van der Waals surface area contributed by atoms with Crippen LogP contribution in [0, 0.1) is 11.3 Å². The highest BCUT2D eigenvalue weighted by Crippen LogP contribution is 2.28. The third-order valence-electron chi connectivity index (χ3n) is 3.42. The van der Waals surface area contributed by atoms with Gasteiger partial charge in [0.2, 0.25) is 0 Å². The molecule has 0 atom stereocenters. The van der Waals surface area contributed by atoms with Crippen LogP contribution in [-0.2, 0) is 4.74 Å². The van der Waals surface area contributed by atoms with Crippen LogP contribution in [0.4, 0.5) is 9.59 Å². The second-order valence-corrected chi connectivity index (χ2v) is 6.01. The molecule has 7 heteroatoms. The quantitative estimate of drug-likeness (QED) is 0.783. The maximum absolute atomic E-state index is 11.9. The molecule has 0 radical (unpaired) electrons. The third-order valence-corrected chi connectivity index (χ3v) is 3.42. The van der Waals surface area contributed by atoms with Crippen LogP contribution in [0.2, 0.25) is 0 Å². The lowest BCUT2D eigenvalue weighted by Gasteiger charge is -2.42. The molecule has 0 aromatic heterocycles. The molecule has 7 nitrogen and oxygen atoms in total. The van der Waals surface area contributed by atoms with E-state index in [1.54, 1.807) is 25.7 Å². The van der Waals surface area contributed by atoms with Crippen molar-refractivity contribution >= 4 is 12.1 Å². The minimum Gasteiger partial charge on any atom is -0.444 e. The fraction of sp³-hybridized carbons (Fsp3) is 0.769. The molecule has 1 fully saturated rings. The van der Waals surface area contributed by atoms with E-state index in [9.17, 15) is 14.9 Å². The molecule has 0 saturated carbocycles. The first-order chi connectivity index (χ1) is 9.11. The van der Waals surface area contributed by atoms with Gasteiger partial charge in [-0.2, -0.15) is 5.26 Å². The van der Waals surface area contributed by atoms with Gasteiger partial charge in [-0.05, 0) is 20.8 Å². The number of piperidine rings is 1. The first-order valence-corrected chi connectivity index (χ1v) is 6.54. The number of carbonyl (C=O) groups is 2. The van der Waals surface area contributed by atoms with E-state index in [1.165, 1.54) is 11.9 Å². The van der Waals surface area contributed by atoms with Crippen molar-refractivity contribution in [2.45, 2.75) is 44.8 Å². The van der Waals surface area contributed by atoms with Crippen LogP contribution in [0.15, 0.2) is 0 Å². The topological polar surface area (TPSA) is 99.7 Å². The van der Waals surface area contributed by atoms with Gasteiger partial charge in [0.05, 0.1) is 6.07 Å². The molecule has 1 aliphatic heterocycles. The van der Waals surface area contributed by atoms with Crippen LogP contribution in [0.1, 0.15) is 33.6 Å². The Bertz CT molecular complexity index is 428. The van der Waals surface area contributed by atoms with Gasteiger partial charge in [0.1, 0.15) is 11.1 Å². The van der Waals surface area contributed by atoms with Crippen molar-refractivity contribution in [3.63, 3.8) is 0 Å². The van der Waals surface area contributed by atoms with Gasteiger partial charge < -0.3 is 20.3 Å². The van der Waals surface area contributed by atoms with Gasteiger partial charge in [0.15, 0.2) is 0 Å². The average Bonchev–Trinajstić information content (AvgIpc) is 2.35. The maximum atomic E-state index is 11.9. The second kappa shape index (κ2) is 5.57. The van der Waals surface area contributed by atoms with Crippen molar-refractivity contribution < 1.29 is 14.3 Å². The summed E-state index contributed by atoms with van der Waals surface area (Å²) in [4.78, 5) is 26.0. The molecule has 20 heavy (non-hydrogen) atoms. The van der Waals surface area contributed by atoms with E-state index in [0.717, 1.165) is 0 Å².